The smallest absolute Gasteiger partial charge is 0.275 e. The molecule has 2 aromatic carbocycles. The number of phenolic OH excluding ortho intramolecular Hbond substituents is 1. The van der Waals surface area contributed by atoms with E-state index in [-0.39, 0.29) is 23.1 Å². The van der Waals surface area contributed by atoms with Crippen LogP contribution < -0.4 is 4.90 Å². The molecule has 0 saturated carbocycles. The number of hydrogen-bond donors (Lipinski definition) is 1. The Morgan fingerprint density at radius 1 is 1.18 bits per heavy atom. The number of nitro benzene ring substituents is 1. The average Bonchev–Trinajstić information content (AvgIpc) is 2.90. The number of benzene rings is 2. The maximum absolute atomic E-state index is 12.2. The summed E-state index contributed by atoms with van der Waals surface area (Å²) in [5.74, 6) is 0.251. The minimum Gasteiger partial charge on any atom is -0.508 e. The largest absolute Gasteiger partial charge is 0.508 e. The molecule has 1 aliphatic heterocycles. The van der Waals surface area contributed by atoms with Crippen molar-refractivity contribution in [1.29, 1.82) is 0 Å². The standard InChI is InChI=1S/C15H12N2O4S/c18-11-7-5-10(6-8-11)16-14(19)9-22-15(16)12-3-1-2-4-13(12)17(20)21/h1-8,15,18H,9H2/t15-/m1/s1. The van der Waals surface area contributed by atoms with E-state index >= 15 is 0 Å². The molecule has 1 saturated heterocycles. The molecule has 6 nitrogen and oxygen atoms in total. The number of hydrogen-bond acceptors (Lipinski definition) is 5. The molecule has 0 spiro atoms. The maximum atomic E-state index is 12.2. The quantitative estimate of drug-likeness (QED) is 0.695. The zero-order valence-corrected chi connectivity index (χ0v) is 12.2. The SMILES string of the molecule is O=C1CS[C@H](c2ccccc2[N+](=O)[O-])N1c1ccc(O)cc1. The van der Waals surface area contributed by atoms with Crippen LogP contribution in [0, 0.1) is 10.1 Å². The first-order valence-electron chi connectivity index (χ1n) is 6.54. The summed E-state index contributed by atoms with van der Waals surface area (Å²) < 4.78 is 0. The molecular weight excluding hydrogens is 304 g/mol. The van der Waals surface area contributed by atoms with Gasteiger partial charge >= 0.3 is 0 Å². The van der Waals surface area contributed by atoms with Crippen LogP contribution >= 0.6 is 11.8 Å². The topological polar surface area (TPSA) is 83.7 Å². The Bertz CT molecular complexity index is 733. The second-order valence-corrected chi connectivity index (χ2v) is 5.83. The van der Waals surface area contributed by atoms with Gasteiger partial charge in [-0.2, -0.15) is 0 Å². The number of para-hydroxylation sites is 1. The number of amides is 1. The predicted molar refractivity (Wildman–Crippen MR) is 83.9 cm³/mol. The van der Waals surface area contributed by atoms with Crippen molar-refractivity contribution < 1.29 is 14.8 Å². The van der Waals surface area contributed by atoms with Crippen LogP contribution in [0.5, 0.6) is 5.75 Å². The first-order chi connectivity index (χ1) is 10.6. The highest BCUT2D eigenvalue weighted by molar-refractivity contribution is 8.00. The lowest BCUT2D eigenvalue weighted by Crippen LogP contribution is -2.28. The number of phenols is 1. The molecule has 0 aromatic heterocycles. The van der Waals surface area contributed by atoms with E-state index in [1.165, 1.54) is 34.9 Å². The summed E-state index contributed by atoms with van der Waals surface area (Å²) in [6, 6.07) is 12.7. The Hall–Kier alpha value is -2.54. The number of carbonyl (C=O) groups is 1. The number of thioether (sulfide) groups is 1. The van der Waals surface area contributed by atoms with E-state index < -0.39 is 10.3 Å². The summed E-state index contributed by atoms with van der Waals surface area (Å²) in [4.78, 5) is 24.5. The van der Waals surface area contributed by atoms with Crippen molar-refractivity contribution in [3.63, 3.8) is 0 Å². The van der Waals surface area contributed by atoms with Gasteiger partial charge in [-0.3, -0.25) is 19.8 Å². The maximum Gasteiger partial charge on any atom is 0.275 e. The fraction of sp³-hybridized carbons (Fsp3) is 0.133. The summed E-state index contributed by atoms with van der Waals surface area (Å²) in [6.45, 7) is 0. The lowest BCUT2D eigenvalue weighted by atomic mass is 10.1. The third-order valence-corrected chi connectivity index (χ3v) is 4.59. The molecular formula is C15H12N2O4S. The van der Waals surface area contributed by atoms with Crippen LogP contribution in [0.2, 0.25) is 0 Å². The average molecular weight is 316 g/mol. The zero-order valence-electron chi connectivity index (χ0n) is 11.4. The first kappa shape index (κ1) is 14.4. The van der Waals surface area contributed by atoms with Crippen molar-refractivity contribution >= 4 is 29.0 Å². The van der Waals surface area contributed by atoms with Gasteiger partial charge in [0.25, 0.3) is 5.69 Å². The zero-order chi connectivity index (χ0) is 15.7. The third-order valence-electron chi connectivity index (χ3n) is 3.40. The monoisotopic (exact) mass is 316 g/mol. The van der Waals surface area contributed by atoms with E-state index in [1.807, 2.05) is 0 Å². The van der Waals surface area contributed by atoms with Crippen molar-refractivity contribution in [1.82, 2.24) is 0 Å². The van der Waals surface area contributed by atoms with Crippen molar-refractivity contribution in [3.05, 3.63) is 64.2 Å². The van der Waals surface area contributed by atoms with Crippen molar-refractivity contribution in [2.75, 3.05) is 10.7 Å². The minimum atomic E-state index is -0.446. The molecule has 1 N–H and O–H groups in total. The summed E-state index contributed by atoms with van der Waals surface area (Å²) in [6.07, 6.45) is 0. The molecule has 0 aliphatic carbocycles. The molecule has 22 heavy (non-hydrogen) atoms. The number of aromatic hydroxyl groups is 1. The van der Waals surface area contributed by atoms with Gasteiger partial charge in [-0.25, -0.2) is 0 Å². The van der Waals surface area contributed by atoms with Crippen LogP contribution in [-0.4, -0.2) is 21.7 Å². The molecule has 112 valence electrons. The van der Waals surface area contributed by atoms with E-state index in [9.17, 15) is 20.0 Å². The van der Waals surface area contributed by atoms with Gasteiger partial charge in [0.15, 0.2) is 0 Å². The fourth-order valence-corrected chi connectivity index (χ4v) is 3.62. The van der Waals surface area contributed by atoms with Crippen LogP contribution in [0.15, 0.2) is 48.5 Å². The Labute approximate surface area is 130 Å². The van der Waals surface area contributed by atoms with Crippen molar-refractivity contribution in [2.24, 2.45) is 0 Å². The molecule has 1 heterocycles. The van der Waals surface area contributed by atoms with E-state index in [2.05, 4.69) is 0 Å². The van der Waals surface area contributed by atoms with Crippen LogP contribution in [-0.2, 0) is 4.79 Å². The molecule has 0 bridgehead atoms. The molecule has 1 fully saturated rings. The van der Waals surface area contributed by atoms with Crippen LogP contribution in [0.25, 0.3) is 0 Å². The minimum absolute atomic E-state index is 0.00141. The summed E-state index contributed by atoms with van der Waals surface area (Å²) >= 11 is 1.35. The molecule has 1 atom stereocenters. The number of rotatable bonds is 3. The van der Waals surface area contributed by atoms with E-state index in [0.717, 1.165) is 0 Å². The van der Waals surface area contributed by atoms with E-state index in [1.54, 1.807) is 30.3 Å². The number of nitrogens with zero attached hydrogens (tertiary/aromatic N) is 2. The van der Waals surface area contributed by atoms with Gasteiger partial charge < -0.3 is 5.11 Å². The molecule has 0 radical (unpaired) electrons. The predicted octanol–water partition coefficient (Wildman–Crippen LogP) is 3.08. The normalized spacial score (nSPS) is 17.7. The highest BCUT2D eigenvalue weighted by Gasteiger charge is 2.37. The van der Waals surface area contributed by atoms with Gasteiger partial charge in [0, 0.05) is 11.8 Å². The molecule has 3 rings (SSSR count). The lowest BCUT2D eigenvalue weighted by molar-refractivity contribution is -0.385. The molecule has 7 heteroatoms. The molecule has 0 unspecified atom stereocenters. The number of nitro groups is 1. The van der Waals surface area contributed by atoms with Gasteiger partial charge in [0.05, 0.1) is 16.2 Å². The van der Waals surface area contributed by atoms with Gasteiger partial charge in [-0.1, -0.05) is 12.1 Å². The highest BCUT2D eigenvalue weighted by atomic mass is 32.2. The Morgan fingerprint density at radius 2 is 1.86 bits per heavy atom. The van der Waals surface area contributed by atoms with E-state index in [4.69, 9.17) is 0 Å². The second kappa shape index (κ2) is 5.69. The first-order valence-corrected chi connectivity index (χ1v) is 7.59. The Kier molecular flexibility index (Phi) is 3.72. The molecule has 1 aliphatic rings. The van der Waals surface area contributed by atoms with Crippen LogP contribution in [0.3, 0.4) is 0 Å². The summed E-state index contributed by atoms with van der Waals surface area (Å²) in [5.41, 5.74) is 1.10. The number of anilines is 1. The Morgan fingerprint density at radius 3 is 2.55 bits per heavy atom. The number of carbonyl (C=O) groups excluding carboxylic acids is 1. The third kappa shape index (κ3) is 2.50. The van der Waals surface area contributed by atoms with Gasteiger partial charge in [-0.15, -0.1) is 11.8 Å². The molecule has 2 aromatic rings. The Balaban J connectivity index is 2.05. The van der Waals surface area contributed by atoms with Gasteiger partial charge in [-0.05, 0) is 30.3 Å². The van der Waals surface area contributed by atoms with Gasteiger partial charge in [0.2, 0.25) is 5.91 Å². The summed E-state index contributed by atoms with van der Waals surface area (Å²) in [5, 5.41) is 20.1. The highest BCUT2D eigenvalue weighted by Crippen LogP contribution is 2.44. The van der Waals surface area contributed by atoms with Crippen LogP contribution in [0.4, 0.5) is 11.4 Å². The van der Waals surface area contributed by atoms with Crippen LogP contribution in [0.1, 0.15) is 10.9 Å². The van der Waals surface area contributed by atoms with Crippen molar-refractivity contribution in [2.45, 2.75) is 5.37 Å². The van der Waals surface area contributed by atoms with Crippen molar-refractivity contribution in [3.8, 4) is 5.75 Å². The molecule has 1 amide bonds. The van der Waals surface area contributed by atoms with Gasteiger partial charge in [0.1, 0.15) is 11.1 Å². The fourth-order valence-electron chi connectivity index (χ4n) is 2.41. The summed E-state index contributed by atoms with van der Waals surface area (Å²) in [7, 11) is 0. The lowest BCUT2D eigenvalue weighted by Gasteiger charge is -2.24. The second-order valence-electron chi connectivity index (χ2n) is 4.76. The van der Waals surface area contributed by atoms with E-state index in [0.29, 0.717) is 11.3 Å².